The smallest absolute Gasteiger partial charge is 0.474 e. The molecule has 0 saturated heterocycles. The minimum Gasteiger partial charge on any atom is -0.474 e. The van der Waals surface area contributed by atoms with Crippen molar-refractivity contribution in [3.8, 4) is 11.5 Å². The SMILES string of the molecule is CNC1CC(c2cncn2Cc2ccc(OC(F)(F)F)cc2)c2cccc(C(=O)N[C@@H](Cc3ccc(Cl)cc3)C(N)=O)c2O1. The van der Waals surface area contributed by atoms with Crippen LogP contribution in [0.1, 0.15) is 45.1 Å². The molecule has 0 radical (unpaired) electrons. The van der Waals surface area contributed by atoms with Gasteiger partial charge in [0.05, 0.1) is 11.9 Å². The molecule has 2 unspecified atom stereocenters. The third-order valence-electron chi connectivity index (χ3n) is 7.31. The Bertz CT molecular complexity index is 1630. The maximum atomic E-state index is 13.5. The summed E-state index contributed by atoms with van der Waals surface area (Å²) in [5.41, 5.74) is 8.95. The Morgan fingerprint density at radius 1 is 1.11 bits per heavy atom. The Morgan fingerprint density at radius 3 is 2.48 bits per heavy atom. The highest BCUT2D eigenvalue weighted by molar-refractivity contribution is 6.30. The van der Waals surface area contributed by atoms with Crippen molar-refractivity contribution in [3.05, 3.63) is 112 Å². The summed E-state index contributed by atoms with van der Waals surface area (Å²) >= 11 is 5.97. The molecule has 2 heterocycles. The van der Waals surface area contributed by atoms with Crippen molar-refractivity contribution in [2.75, 3.05) is 7.05 Å². The lowest BCUT2D eigenvalue weighted by Gasteiger charge is -2.33. The van der Waals surface area contributed by atoms with Crippen molar-refractivity contribution in [2.45, 2.75) is 43.9 Å². The molecule has 1 aromatic heterocycles. The lowest BCUT2D eigenvalue weighted by atomic mass is 9.87. The monoisotopic (exact) mass is 627 g/mol. The number of amides is 2. The molecule has 0 saturated carbocycles. The predicted molar refractivity (Wildman–Crippen MR) is 156 cm³/mol. The average Bonchev–Trinajstić information content (AvgIpc) is 3.45. The van der Waals surface area contributed by atoms with Gasteiger partial charge in [0.15, 0.2) is 6.23 Å². The number of halogens is 4. The van der Waals surface area contributed by atoms with Crippen LogP contribution >= 0.6 is 11.6 Å². The van der Waals surface area contributed by atoms with Crippen LogP contribution in [0.4, 0.5) is 13.2 Å². The molecule has 0 bridgehead atoms. The molecule has 4 aromatic rings. The summed E-state index contributed by atoms with van der Waals surface area (Å²) in [6.45, 7) is 0.337. The third-order valence-corrected chi connectivity index (χ3v) is 7.56. The largest absolute Gasteiger partial charge is 0.573 e. The number of nitrogens with one attached hydrogen (secondary N) is 2. The lowest BCUT2D eigenvalue weighted by Crippen LogP contribution is -2.46. The van der Waals surface area contributed by atoms with Gasteiger partial charge in [0.25, 0.3) is 5.91 Å². The number of benzene rings is 3. The van der Waals surface area contributed by atoms with Gasteiger partial charge in [-0.15, -0.1) is 13.2 Å². The molecular formula is C31H29ClF3N5O4. The van der Waals surface area contributed by atoms with Crippen LogP contribution in [0.3, 0.4) is 0 Å². The van der Waals surface area contributed by atoms with Gasteiger partial charge in [-0.05, 0) is 48.5 Å². The highest BCUT2D eigenvalue weighted by Crippen LogP contribution is 2.42. The van der Waals surface area contributed by atoms with E-state index in [1.807, 2.05) is 10.6 Å². The fraction of sp³-hybridized carbons (Fsp3) is 0.258. The quantitative estimate of drug-likeness (QED) is 0.233. The molecule has 2 amide bonds. The number of carbonyl (C=O) groups is 2. The molecule has 44 heavy (non-hydrogen) atoms. The minimum absolute atomic E-state index is 0.179. The first-order valence-corrected chi connectivity index (χ1v) is 14.0. The number of alkyl halides is 3. The number of nitrogens with two attached hydrogens (primary N) is 1. The Morgan fingerprint density at radius 2 is 1.82 bits per heavy atom. The molecule has 5 rings (SSSR count). The van der Waals surface area contributed by atoms with Crippen molar-refractivity contribution in [2.24, 2.45) is 5.73 Å². The van der Waals surface area contributed by atoms with Crippen LogP contribution in [0.5, 0.6) is 11.5 Å². The van der Waals surface area contributed by atoms with Gasteiger partial charge in [-0.3, -0.25) is 14.9 Å². The second-order valence-electron chi connectivity index (χ2n) is 10.3. The number of hydrogen-bond acceptors (Lipinski definition) is 6. The summed E-state index contributed by atoms with van der Waals surface area (Å²) in [7, 11) is 1.74. The van der Waals surface area contributed by atoms with Gasteiger partial charge < -0.3 is 25.1 Å². The fourth-order valence-corrected chi connectivity index (χ4v) is 5.32. The number of rotatable bonds is 10. The van der Waals surface area contributed by atoms with E-state index in [0.717, 1.165) is 22.4 Å². The zero-order valence-electron chi connectivity index (χ0n) is 23.5. The summed E-state index contributed by atoms with van der Waals surface area (Å²) < 4.78 is 49.8. The van der Waals surface area contributed by atoms with E-state index in [9.17, 15) is 22.8 Å². The second-order valence-corrected chi connectivity index (χ2v) is 10.7. The van der Waals surface area contributed by atoms with E-state index in [1.54, 1.807) is 68.1 Å². The maximum absolute atomic E-state index is 13.5. The van der Waals surface area contributed by atoms with E-state index in [4.69, 9.17) is 22.1 Å². The molecule has 0 spiro atoms. The third kappa shape index (κ3) is 7.32. The van der Waals surface area contributed by atoms with Crippen molar-refractivity contribution in [1.29, 1.82) is 0 Å². The van der Waals surface area contributed by atoms with E-state index in [0.29, 0.717) is 23.7 Å². The Hall–Kier alpha value is -4.55. The predicted octanol–water partition coefficient (Wildman–Crippen LogP) is 4.77. The fourth-order valence-electron chi connectivity index (χ4n) is 5.19. The van der Waals surface area contributed by atoms with Gasteiger partial charge in [0.1, 0.15) is 17.5 Å². The molecule has 3 aromatic carbocycles. The topological polar surface area (TPSA) is 120 Å². The maximum Gasteiger partial charge on any atom is 0.573 e. The first kappa shape index (κ1) is 30.9. The van der Waals surface area contributed by atoms with Crippen LogP contribution in [0, 0.1) is 0 Å². The van der Waals surface area contributed by atoms with E-state index >= 15 is 0 Å². The Labute approximate surface area is 256 Å². The Kier molecular flexibility index (Phi) is 9.12. The van der Waals surface area contributed by atoms with Gasteiger partial charge >= 0.3 is 6.36 Å². The number of hydrogen-bond donors (Lipinski definition) is 3. The highest BCUT2D eigenvalue weighted by Gasteiger charge is 2.34. The molecule has 13 heteroatoms. The van der Waals surface area contributed by atoms with Gasteiger partial charge in [0.2, 0.25) is 5.91 Å². The molecule has 0 aliphatic carbocycles. The minimum atomic E-state index is -4.77. The lowest BCUT2D eigenvalue weighted by molar-refractivity contribution is -0.274. The summed E-state index contributed by atoms with van der Waals surface area (Å²) in [6.07, 6.45) is -1.17. The number of carbonyl (C=O) groups excluding carboxylic acids is 2. The van der Waals surface area contributed by atoms with Crippen molar-refractivity contribution in [3.63, 3.8) is 0 Å². The number of nitrogens with zero attached hydrogens (tertiary/aromatic N) is 2. The second kappa shape index (κ2) is 13.0. The van der Waals surface area contributed by atoms with Crippen LogP contribution in [-0.2, 0) is 17.8 Å². The van der Waals surface area contributed by atoms with E-state index in [1.165, 1.54) is 12.1 Å². The molecule has 9 nitrogen and oxygen atoms in total. The molecule has 4 N–H and O–H groups in total. The molecular weight excluding hydrogens is 599 g/mol. The zero-order valence-corrected chi connectivity index (χ0v) is 24.2. The van der Waals surface area contributed by atoms with E-state index < -0.39 is 30.4 Å². The average molecular weight is 628 g/mol. The molecule has 1 aliphatic heterocycles. The summed E-state index contributed by atoms with van der Waals surface area (Å²) in [4.78, 5) is 30.2. The van der Waals surface area contributed by atoms with Crippen LogP contribution in [-0.4, -0.2) is 47.0 Å². The van der Waals surface area contributed by atoms with E-state index in [2.05, 4.69) is 20.4 Å². The van der Waals surface area contributed by atoms with Crippen LogP contribution in [0.2, 0.25) is 5.02 Å². The number of imidazole rings is 1. The molecule has 230 valence electrons. The van der Waals surface area contributed by atoms with Crippen molar-refractivity contribution in [1.82, 2.24) is 20.2 Å². The summed E-state index contributed by atoms with van der Waals surface area (Å²) in [5, 5.41) is 6.41. The van der Waals surface area contributed by atoms with E-state index in [-0.39, 0.29) is 23.7 Å². The van der Waals surface area contributed by atoms with Gasteiger partial charge in [-0.2, -0.15) is 0 Å². The van der Waals surface area contributed by atoms with Crippen LogP contribution in [0.25, 0.3) is 0 Å². The molecule has 3 atom stereocenters. The number of ether oxygens (including phenoxy) is 2. The standard InChI is InChI=1S/C31H29ClF3N5O4/c1-37-27-14-24(26-15-38-17-40(26)16-19-7-11-21(12-8-19)44-31(33,34)35)22-3-2-4-23(28(22)43-27)30(42)39-25(29(36)41)13-18-5-9-20(32)10-6-18/h2-12,15,17,24-25,27,37H,13-14,16H2,1H3,(H2,36,41)(H,39,42)/t24?,25-,27?/m0/s1. The number of primary amides is 1. The van der Waals surface area contributed by atoms with Crippen LogP contribution < -0.4 is 25.8 Å². The molecule has 0 fully saturated rings. The first-order chi connectivity index (χ1) is 21.0. The Balaban J connectivity index is 1.40. The highest BCUT2D eigenvalue weighted by atomic mass is 35.5. The van der Waals surface area contributed by atoms with Crippen LogP contribution in [0.15, 0.2) is 79.3 Å². The van der Waals surface area contributed by atoms with Crippen molar-refractivity contribution >= 4 is 23.4 Å². The van der Waals surface area contributed by atoms with Gasteiger partial charge in [0, 0.05) is 47.8 Å². The normalized spacial score (nSPS) is 16.8. The number of aromatic nitrogens is 2. The summed E-state index contributed by atoms with van der Waals surface area (Å²) in [5.74, 6) is -1.41. The van der Waals surface area contributed by atoms with Gasteiger partial charge in [-0.25, -0.2) is 4.98 Å². The number of para-hydroxylation sites is 1. The number of fused-ring (bicyclic) bond motifs is 1. The van der Waals surface area contributed by atoms with Gasteiger partial charge in [-0.1, -0.05) is 48.0 Å². The molecule has 1 aliphatic rings. The zero-order chi connectivity index (χ0) is 31.4. The summed E-state index contributed by atoms with van der Waals surface area (Å²) in [6, 6.07) is 16.8. The van der Waals surface area contributed by atoms with Crippen molar-refractivity contribution < 1.29 is 32.2 Å². The first-order valence-electron chi connectivity index (χ1n) is 13.7.